The number of thioether (sulfide) groups is 1. The molecule has 1 aromatic rings. The topological polar surface area (TPSA) is 115 Å². The van der Waals surface area contributed by atoms with Crippen LogP contribution in [0.15, 0.2) is 29.2 Å². The zero-order valence-electron chi connectivity index (χ0n) is 9.11. The van der Waals surface area contributed by atoms with Gasteiger partial charge in [0.15, 0.2) is 0 Å². The number of aliphatic hydroxyl groups is 1. The fraction of sp³-hybridized carbons (Fsp3) is 0.222. The largest absolute Gasteiger partial charge is 0.396 e. The lowest BCUT2D eigenvalue weighted by atomic mass is 10.2. The van der Waals surface area contributed by atoms with Crippen molar-refractivity contribution in [1.82, 2.24) is 0 Å². The number of primary sulfonamides is 1. The second kappa shape index (κ2) is 6.34. The Morgan fingerprint density at radius 3 is 2.22 bits per heavy atom. The number of nitrogens with two attached hydrogens (primary N) is 1. The summed E-state index contributed by atoms with van der Waals surface area (Å²) in [5.41, 5.74) is 0.0131. The van der Waals surface area contributed by atoms with Gasteiger partial charge in [-0.2, -0.15) is 8.42 Å². The molecule has 0 amide bonds. The average Bonchev–Trinajstić information content (AvgIpc) is 2.25. The summed E-state index contributed by atoms with van der Waals surface area (Å²) in [7, 11) is -7.22. The van der Waals surface area contributed by atoms with Crippen molar-refractivity contribution in [3.05, 3.63) is 29.8 Å². The first-order valence-corrected chi connectivity index (χ1v) is 8.30. The number of hydrogen-bond acceptors (Lipinski definition) is 6. The fourth-order valence-electron chi connectivity index (χ4n) is 1.21. The molecule has 0 aliphatic rings. The predicted molar refractivity (Wildman–Crippen MR) is 70.4 cm³/mol. The maximum absolute atomic E-state index is 11.1. The Labute approximate surface area is 110 Å². The van der Waals surface area contributed by atoms with Gasteiger partial charge in [-0.1, -0.05) is 12.1 Å². The summed E-state index contributed by atoms with van der Waals surface area (Å²) in [4.78, 5) is 0.790. The van der Waals surface area contributed by atoms with Crippen LogP contribution in [0.1, 0.15) is 5.56 Å². The van der Waals surface area contributed by atoms with Gasteiger partial charge >= 0.3 is 0 Å². The zero-order valence-corrected chi connectivity index (χ0v) is 11.6. The molecule has 0 heterocycles. The smallest absolute Gasteiger partial charge is 0.253 e. The molecule has 9 heteroatoms. The minimum Gasteiger partial charge on any atom is -0.396 e. The van der Waals surface area contributed by atoms with Gasteiger partial charge in [0.2, 0.25) is 14.5 Å². The molecule has 0 bridgehead atoms. The molecule has 1 aromatic carbocycles. The van der Waals surface area contributed by atoms with Crippen molar-refractivity contribution in [3.63, 3.8) is 0 Å². The molecular weight excluding hydrogens is 298 g/mol. The van der Waals surface area contributed by atoms with Crippen LogP contribution in [-0.4, -0.2) is 38.5 Å². The summed E-state index contributed by atoms with van der Waals surface area (Å²) >= 11 is 1.36. The molecule has 0 radical (unpaired) electrons. The van der Waals surface area contributed by atoms with Crippen LogP contribution in [0.25, 0.3) is 0 Å². The fourth-order valence-corrected chi connectivity index (χ4v) is 3.41. The van der Waals surface area contributed by atoms with E-state index in [0.717, 1.165) is 4.90 Å². The highest BCUT2D eigenvalue weighted by atomic mass is 32.2. The second-order valence-corrected chi connectivity index (χ2v) is 6.97. The summed E-state index contributed by atoms with van der Waals surface area (Å²) in [5, 5.41) is 13.5. The summed E-state index contributed by atoms with van der Waals surface area (Å²) < 4.78 is 43.2. The van der Waals surface area contributed by atoms with E-state index in [4.69, 9.17) is 10.2 Å². The summed E-state index contributed by atoms with van der Waals surface area (Å²) in [5.74, 6) is 0.499. The van der Waals surface area contributed by atoms with Crippen molar-refractivity contribution in [3.8, 4) is 0 Å². The zero-order chi connectivity index (χ0) is 13.8. The van der Waals surface area contributed by atoms with Crippen molar-refractivity contribution >= 4 is 36.3 Å². The van der Waals surface area contributed by atoms with E-state index in [1.54, 1.807) is 12.1 Å². The Balaban J connectivity index is 3.16. The number of rotatable bonds is 4. The van der Waals surface area contributed by atoms with Gasteiger partial charge in [-0.25, -0.2) is 13.6 Å². The molecule has 0 saturated heterocycles. The SMILES string of the molecule is NS(=O)(=O)C(c1ccc(SCCO)cc1)=S(=O)=O. The number of benzene rings is 1. The normalized spacial score (nSPS) is 11.2. The molecule has 6 nitrogen and oxygen atoms in total. The van der Waals surface area contributed by atoms with Gasteiger partial charge in [0.1, 0.15) is 0 Å². The minimum absolute atomic E-state index is 0.0131. The molecule has 0 aromatic heterocycles. The molecular formula is C9H11NO5S3. The molecule has 18 heavy (non-hydrogen) atoms. The monoisotopic (exact) mass is 309 g/mol. The summed E-state index contributed by atoms with van der Waals surface area (Å²) in [6.45, 7) is 0.0194. The molecule has 0 spiro atoms. The highest BCUT2D eigenvalue weighted by Gasteiger charge is 2.18. The Morgan fingerprint density at radius 1 is 1.28 bits per heavy atom. The van der Waals surface area contributed by atoms with E-state index in [-0.39, 0.29) is 12.2 Å². The third-order valence-electron chi connectivity index (χ3n) is 1.86. The van der Waals surface area contributed by atoms with Crippen LogP contribution in [0.4, 0.5) is 0 Å². The van der Waals surface area contributed by atoms with Gasteiger partial charge in [0.25, 0.3) is 10.0 Å². The molecule has 0 saturated carbocycles. The highest BCUT2D eigenvalue weighted by Crippen LogP contribution is 2.18. The van der Waals surface area contributed by atoms with Crippen molar-refractivity contribution in [2.75, 3.05) is 12.4 Å². The Morgan fingerprint density at radius 2 is 1.83 bits per heavy atom. The van der Waals surface area contributed by atoms with Crippen LogP contribution in [0.3, 0.4) is 0 Å². The standard InChI is InChI=1S/C9H11NO5S3/c10-18(14,15)9(17(12)13)7-1-3-8(4-2-7)16-6-5-11/h1-4,11H,5-6H2,(H2,10,14,15). The molecule has 0 atom stereocenters. The average molecular weight is 309 g/mol. The molecule has 0 aliphatic heterocycles. The third-order valence-corrected chi connectivity index (χ3v) is 5.25. The Bertz CT molecular complexity index is 638. The molecule has 100 valence electrons. The lowest BCUT2D eigenvalue weighted by Gasteiger charge is -2.03. The molecule has 1 rings (SSSR count). The number of sulfonamides is 1. The quantitative estimate of drug-likeness (QED) is 0.568. The van der Waals surface area contributed by atoms with E-state index in [2.05, 4.69) is 0 Å². The van der Waals surface area contributed by atoms with Crippen molar-refractivity contribution < 1.29 is 21.9 Å². The molecule has 0 fully saturated rings. The maximum Gasteiger partial charge on any atom is 0.253 e. The Hall–Kier alpha value is -0.870. The van der Waals surface area contributed by atoms with E-state index in [9.17, 15) is 16.8 Å². The van der Waals surface area contributed by atoms with Gasteiger partial charge in [0, 0.05) is 16.2 Å². The summed E-state index contributed by atoms with van der Waals surface area (Å²) in [6.07, 6.45) is 0. The van der Waals surface area contributed by atoms with Crippen molar-refractivity contribution in [2.45, 2.75) is 4.90 Å². The van der Waals surface area contributed by atoms with Crippen molar-refractivity contribution in [2.24, 2.45) is 5.14 Å². The molecule has 3 N–H and O–H groups in total. The van der Waals surface area contributed by atoms with E-state index >= 15 is 0 Å². The lowest BCUT2D eigenvalue weighted by Crippen LogP contribution is -2.25. The Kier molecular flexibility index (Phi) is 5.35. The number of aliphatic hydroxyl groups excluding tert-OH is 1. The first kappa shape index (κ1) is 15.2. The van der Waals surface area contributed by atoms with Crippen LogP contribution in [0, 0.1) is 0 Å². The minimum atomic E-state index is -4.29. The van der Waals surface area contributed by atoms with E-state index in [0.29, 0.717) is 5.75 Å². The van der Waals surface area contributed by atoms with Crippen LogP contribution < -0.4 is 5.14 Å². The van der Waals surface area contributed by atoms with Gasteiger partial charge in [-0.3, -0.25) is 0 Å². The van der Waals surface area contributed by atoms with Gasteiger partial charge < -0.3 is 5.11 Å². The third kappa shape index (κ3) is 4.10. The van der Waals surface area contributed by atoms with E-state index in [1.807, 2.05) is 0 Å². The van der Waals surface area contributed by atoms with Crippen LogP contribution in [-0.2, 0) is 20.3 Å². The van der Waals surface area contributed by atoms with Crippen LogP contribution >= 0.6 is 11.8 Å². The number of hydrogen-bond donors (Lipinski definition) is 2. The second-order valence-electron chi connectivity index (χ2n) is 3.16. The first-order chi connectivity index (χ1) is 8.36. The van der Waals surface area contributed by atoms with Gasteiger partial charge in [0.05, 0.1) is 6.61 Å². The summed E-state index contributed by atoms with van der Waals surface area (Å²) in [6, 6.07) is 5.84. The highest BCUT2D eigenvalue weighted by molar-refractivity contribution is 8.14. The van der Waals surface area contributed by atoms with Gasteiger partial charge in [-0.15, -0.1) is 11.8 Å². The molecule has 0 aliphatic carbocycles. The predicted octanol–water partition coefficient (Wildman–Crippen LogP) is -0.583. The lowest BCUT2D eigenvalue weighted by molar-refractivity contribution is 0.322. The first-order valence-electron chi connectivity index (χ1n) is 4.69. The van der Waals surface area contributed by atoms with Crippen LogP contribution in [0.2, 0.25) is 0 Å². The van der Waals surface area contributed by atoms with E-state index in [1.165, 1.54) is 23.9 Å². The van der Waals surface area contributed by atoms with Crippen molar-refractivity contribution in [1.29, 1.82) is 0 Å². The van der Waals surface area contributed by atoms with E-state index < -0.39 is 24.5 Å². The van der Waals surface area contributed by atoms with Crippen LogP contribution in [0.5, 0.6) is 0 Å². The van der Waals surface area contributed by atoms with Gasteiger partial charge in [-0.05, 0) is 12.1 Å². The maximum atomic E-state index is 11.1. The molecule has 0 unspecified atom stereocenters.